The Labute approximate surface area is 162 Å². The van der Waals surface area contributed by atoms with Crippen LogP contribution in [0.1, 0.15) is 64.0 Å². The molecule has 0 radical (unpaired) electrons. The van der Waals surface area contributed by atoms with Crippen molar-refractivity contribution < 1.29 is 4.79 Å². The minimum absolute atomic E-state index is 0.249. The molecule has 3 heteroatoms. The molecule has 26 heavy (non-hydrogen) atoms. The first-order valence-corrected chi connectivity index (χ1v) is 9.97. The van der Waals surface area contributed by atoms with E-state index in [1.165, 1.54) is 12.8 Å². The van der Waals surface area contributed by atoms with Crippen molar-refractivity contribution in [2.75, 3.05) is 0 Å². The second-order valence-electron chi connectivity index (χ2n) is 7.32. The van der Waals surface area contributed by atoms with Gasteiger partial charge in [-0.3, -0.25) is 4.79 Å². The number of benzene rings is 2. The van der Waals surface area contributed by atoms with Crippen LogP contribution in [0.3, 0.4) is 0 Å². The first-order valence-electron chi connectivity index (χ1n) is 9.60. The predicted molar refractivity (Wildman–Crippen MR) is 112 cm³/mol. The maximum absolute atomic E-state index is 12.5. The van der Waals surface area contributed by atoms with E-state index in [9.17, 15) is 4.79 Å². The average Bonchev–Trinajstić information content (AvgIpc) is 2.90. The van der Waals surface area contributed by atoms with Crippen LogP contribution in [0.2, 0.25) is 0 Å². The molecule has 0 saturated heterocycles. The monoisotopic (exact) mass is 371 g/mol. The summed E-state index contributed by atoms with van der Waals surface area (Å²) < 4.78 is 0. The fraction of sp³-hybridized carbons (Fsp3) is 0.435. The number of hydrogen-bond donors (Lipinski definition) is 1. The van der Waals surface area contributed by atoms with E-state index in [1.807, 2.05) is 38.1 Å². The van der Waals surface area contributed by atoms with Crippen LogP contribution in [0.15, 0.2) is 48.5 Å². The van der Waals surface area contributed by atoms with Crippen LogP contribution in [0.4, 0.5) is 0 Å². The Morgan fingerprint density at radius 1 is 0.962 bits per heavy atom. The van der Waals surface area contributed by atoms with Crippen molar-refractivity contribution in [2.24, 2.45) is 5.73 Å². The summed E-state index contributed by atoms with van der Waals surface area (Å²) in [6.45, 7) is 6.09. The molecule has 0 fully saturated rings. The van der Waals surface area contributed by atoms with E-state index < -0.39 is 5.41 Å². The number of nitrogens with two attached hydrogens (primary N) is 1. The first-order chi connectivity index (χ1) is 12.4. The van der Waals surface area contributed by atoms with Crippen LogP contribution >= 0.6 is 11.6 Å². The second kappa shape index (κ2) is 9.34. The molecule has 1 aliphatic rings. The molecule has 0 aromatic heterocycles. The summed E-state index contributed by atoms with van der Waals surface area (Å²) in [5, 5.41) is -0.249. The average molecular weight is 372 g/mol. The summed E-state index contributed by atoms with van der Waals surface area (Å²) in [5.41, 5.74) is 8.91. The minimum Gasteiger partial charge on any atom is -0.328 e. The molecular weight excluding hydrogens is 342 g/mol. The Balaban J connectivity index is 0.000000552. The van der Waals surface area contributed by atoms with Crippen molar-refractivity contribution in [1.82, 2.24) is 0 Å². The molecule has 0 amide bonds. The highest BCUT2D eigenvalue weighted by molar-refractivity contribution is 6.66. The number of halogens is 1. The molecule has 0 unspecified atom stereocenters. The Hall–Kier alpha value is -1.64. The standard InChI is InChI=1S/C20H21ClO.C3H9N/c1-2-3-4-9-14-20(19(21)22)17-12-7-5-10-15(17)16-11-6-8-13-18(16)20;1-3(2)4/h5-8,10-13H,2-4,9,14H2,1H3;3H,4H2,1-2H3. The van der Waals surface area contributed by atoms with Gasteiger partial charge in [-0.2, -0.15) is 0 Å². The molecule has 1 aliphatic carbocycles. The fourth-order valence-corrected chi connectivity index (χ4v) is 4.02. The van der Waals surface area contributed by atoms with E-state index in [0.717, 1.165) is 41.5 Å². The maximum atomic E-state index is 12.5. The number of fused-ring (bicyclic) bond motifs is 3. The molecular formula is C23H30ClNO. The topological polar surface area (TPSA) is 43.1 Å². The summed E-state index contributed by atoms with van der Waals surface area (Å²) in [4.78, 5) is 12.5. The van der Waals surface area contributed by atoms with Crippen LogP contribution in [0.25, 0.3) is 11.1 Å². The van der Waals surface area contributed by atoms with Gasteiger partial charge in [-0.15, -0.1) is 0 Å². The van der Waals surface area contributed by atoms with Gasteiger partial charge in [0, 0.05) is 0 Å². The van der Waals surface area contributed by atoms with E-state index in [-0.39, 0.29) is 5.24 Å². The van der Waals surface area contributed by atoms with Crippen molar-refractivity contribution in [3.05, 3.63) is 59.7 Å². The molecule has 140 valence electrons. The van der Waals surface area contributed by atoms with Crippen molar-refractivity contribution in [2.45, 2.75) is 64.3 Å². The van der Waals surface area contributed by atoms with Crippen LogP contribution in [-0.4, -0.2) is 11.3 Å². The van der Waals surface area contributed by atoms with Crippen LogP contribution in [-0.2, 0) is 10.2 Å². The fourth-order valence-electron chi connectivity index (χ4n) is 3.72. The van der Waals surface area contributed by atoms with Gasteiger partial charge in [-0.05, 0) is 46.3 Å². The Morgan fingerprint density at radius 2 is 1.42 bits per heavy atom. The Bertz CT molecular complexity index is 690. The molecule has 2 N–H and O–H groups in total. The molecule has 0 spiro atoms. The molecule has 2 aromatic rings. The van der Waals surface area contributed by atoms with E-state index in [4.69, 9.17) is 17.3 Å². The summed E-state index contributed by atoms with van der Waals surface area (Å²) in [5.74, 6) is 0. The lowest BCUT2D eigenvalue weighted by molar-refractivity contribution is -0.115. The third-order valence-electron chi connectivity index (χ3n) is 4.80. The number of carbonyl (C=O) groups is 1. The normalized spacial score (nSPS) is 13.6. The van der Waals surface area contributed by atoms with E-state index in [0.29, 0.717) is 6.04 Å². The maximum Gasteiger partial charge on any atom is 0.236 e. The largest absolute Gasteiger partial charge is 0.328 e. The van der Waals surface area contributed by atoms with Gasteiger partial charge in [0.05, 0.1) is 5.41 Å². The van der Waals surface area contributed by atoms with Gasteiger partial charge in [0.1, 0.15) is 0 Å². The predicted octanol–water partition coefficient (Wildman–Crippen LogP) is 6.04. The van der Waals surface area contributed by atoms with E-state index in [1.54, 1.807) is 0 Å². The number of hydrogen-bond acceptors (Lipinski definition) is 2. The molecule has 3 rings (SSSR count). The zero-order chi connectivity index (χ0) is 19.2. The van der Waals surface area contributed by atoms with Gasteiger partial charge in [-0.1, -0.05) is 95.0 Å². The highest BCUT2D eigenvalue weighted by Crippen LogP contribution is 2.52. The van der Waals surface area contributed by atoms with Gasteiger partial charge in [0.25, 0.3) is 0 Å². The molecule has 2 aromatic carbocycles. The van der Waals surface area contributed by atoms with Gasteiger partial charge in [-0.25, -0.2) is 0 Å². The lowest BCUT2D eigenvalue weighted by Gasteiger charge is -2.28. The van der Waals surface area contributed by atoms with Gasteiger partial charge >= 0.3 is 0 Å². The zero-order valence-corrected chi connectivity index (χ0v) is 16.9. The van der Waals surface area contributed by atoms with Crippen molar-refractivity contribution >= 4 is 16.8 Å². The zero-order valence-electron chi connectivity index (χ0n) is 16.1. The van der Waals surface area contributed by atoms with Crippen molar-refractivity contribution in [1.29, 1.82) is 0 Å². The Kier molecular flexibility index (Phi) is 7.43. The minimum atomic E-state index is -0.664. The number of rotatable bonds is 6. The highest BCUT2D eigenvalue weighted by atomic mass is 35.5. The Morgan fingerprint density at radius 3 is 1.85 bits per heavy atom. The molecule has 0 aliphatic heterocycles. The lowest BCUT2D eigenvalue weighted by atomic mass is 9.75. The SMILES string of the molecule is CC(C)N.CCCCCCC1(C(=O)Cl)c2ccccc2-c2ccccc21. The van der Waals surface area contributed by atoms with Crippen LogP contribution in [0.5, 0.6) is 0 Å². The number of carbonyl (C=O) groups excluding carboxylic acids is 1. The summed E-state index contributed by atoms with van der Waals surface area (Å²) in [6.07, 6.45) is 5.36. The number of unbranched alkanes of at least 4 members (excludes halogenated alkanes) is 3. The smallest absolute Gasteiger partial charge is 0.236 e. The molecule has 0 bridgehead atoms. The van der Waals surface area contributed by atoms with Crippen molar-refractivity contribution in [3.8, 4) is 11.1 Å². The third-order valence-corrected chi connectivity index (χ3v) is 5.13. The molecule has 0 heterocycles. The highest BCUT2D eigenvalue weighted by Gasteiger charge is 2.47. The molecule has 0 saturated carbocycles. The van der Waals surface area contributed by atoms with Gasteiger partial charge < -0.3 is 5.73 Å². The lowest BCUT2D eigenvalue weighted by Crippen LogP contribution is -2.32. The molecule has 0 atom stereocenters. The second-order valence-corrected chi connectivity index (χ2v) is 7.67. The van der Waals surface area contributed by atoms with Crippen LogP contribution < -0.4 is 5.73 Å². The van der Waals surface area contributed by atoms with Gasteiger partial charge in [0.2, 0.25) is 5.24 Å². The summed E-state index contributed by atoms with van der Waals surface area (Å²) in [6, 6.07) is 16.7. The van der Waals surface area contributed by atoms with Gasteiger partial charge in [0.15, 0.2) is 0 Å². The molecule has 2 nitrogen and oxygen atoms in total. The van der Waals surface area contributed by atoms with Crippen LogP contribution in [0, 0.1) is 0 Å². The van der Waals surface area contributed by atoms with E-state index in [2.05, 4.69) is 31.2 Å². The summed E-state index contributed by atoms with van der Waals surface area (Å²) >= 11 is 6.17. The summed E-state index contributed by atoms with van der Waals surface area (Å²) in [7, 11) is 0. The van der Waals surface area contributed by atoms with E-state index >= 15 is 0 Å². The quantitative estimate of drug-likeness (QED) is 0.496. The third kappa shape index (κ3) is 4.19. The first kappa shape index (κ1) is 20.7. The van der Waals surface area contributed by atoms with Crippen molar-refractivity contribution in [3.63, 3.8) is 0 Å².